The number of benzene rings is 3. The minimum absolute atomic E-state index is 0.157. The van der Waals surface area contributed by atoms with E-state index in [1.165, 1.54) is 0 Å². The summed E-state index contributed by atoms with van der Waals surface area (Å²) in [6.07, 6.45) is 7.96. The molecule has 4 aliphatic heterocycles. The fraction of sp³-hybridized carbons (Fsp3) is 0.326. The number of rotatable bonds is 10. The lowest BCUT2D eigenvalue weighted by atomic mass is 10.0. The number of carbonyl (C=O) groups excluding carboxylic acids is 4. The number of aryl methyl sites for hydroxylation is 1. The summed E-state index contributed by atoms with van der Waals surface area (Å²) in [5.41, 5.74) is 8.50. The van der Waals surface area contributed by atoms with Crippen molar-refractivity contribution in [2.45, 2.75) is 57.8 Å². The minimum atomic E-state index is -0.623. The average Bonchev–Trinajstić information content (AvgIpc) is 3.62. The monoisotopic (exact) mass is 882 g/mol. The van der Waals surface area contributed by atoms with Gasteiger partial charge in [-0.25, -0.2) is 9.97 Å². The average molecular weight is 884 g/mol. The van der Waals surface area contributed by atoms with Crippen LogP contribution in [0.4, 0.5) is 23.0 Å². The molecule has 312 valence electrons. The Balaban J connectivity index is 0.738. The van der Waals surface area contributed by atoms with Gasteiger partial charge in [0.25, 0.3) is 11.8 Å². The van der Waals surface area contributed by atoms with Gasteiger partial charge in [0.05, 0.1) is 5.69 Å². The lowest BCUT2D eigenvalue weighted by molar-refractivity contribution is -0.136. The number of imide groups is 1. The van der Waals surface area contributed by atoms with Crippen molar-refractivity contribution in [1.29, 1.82) is 0 Å². The van der Waals surface area contributed by atoms with E-state index in [2.05, 4.69) is 61.5 Å². The molecule has 1 atom stereocenters. The number of hydrogen-bond donors (Lipinski definition) is 3. The highest BCUT2D eigenvalue weighted by atomic mass is 79.9. The van der Waals surface area contributed by atoms with Crippen LogP contribution in [0.1, 0.15) is 63.1 Å². The summed E-state index contributed by atoms with van der Waals surface area (Å²) >= 11 is 3.80. The molecule has 0 aliphatic carbocycles. The van der Waals surface area contributed by atoms with Gasteiger partial charge in [0, 0.05) is 122 Å². The molecule has 0 spiro atoms. The molecule has 14 nitrogen and oxygen atoms in total. The molecule has 3 N–H and O–H groups in total. The fourth-order valence-corrected chi connectivity index (χ4v) is 9.46. The number of piperidine rings is 2. The predicted molar refractivity (Wildman–Crippen MR) is 236 cm³/mol. The second-order valence-electron chi connectivity index (χ2n) is 16.2. The number of halogens is 1. The Morgan fingerprint density at radius 1 is 0.902 bits per heavy atom. The summed E-state index contributed by atoms with van der Waals surface area (Å²) in [7, 11) is 0. The summed E-state index contributed by atoms with van der Waals surface area (Å²) in [6, 6.07) is 23.1. The maximum absolute atomic E-state index is 13.3. The number of pyridine rings is 1. The molecule has 2 aromatic heterocycles. The van der Waals surface area contributed by atoms with Crippen molar-refractivity contribution in [2.24, 2.45) is 0 Å². The number of piperazine rings is 1. The lowest BCUT2D eigenvalue weighted by Gasteiger charge is -2.43. The van der Waals surface area contributed by atoms with E-state index in [-0.39, 0.29) is 24.1 Å². The van der Waals surface area contributed by atoms with Gasteiger partial charge < -0.3 is 20.4 Å². The standard InChI is InChI=1S/C46H47BrN10O4/c1-29-4-8-33(25-39(29)52-46-49-18-14-38(51-46)31-3-2-17-48-26-31)50-43(59)30-5-9-34(10-6-30)55-19-15-35(16-20-55)56-23-21-54(22-24-56)27-32-7-11-36-37(42(32)47)28-57(45(36)61)40-12-13-41(58)53-44(40)60/h2-11,14,17-18,25-26,35,40H,12-13,15-16,19-24,27-28H2,1H3,(H,50,59)(H,49,51,52)(H,53,58,60). The Morgan fingerprint density at radius 2 is 1.70 bits per heavy atom. The maximum Gasteiger partial charge on any atom is 0.255 e. The predicted octanol–water partition coefficient (Wildman–Crippen LogP) is 6.15. The molecule has 4 aliphatic rings. The molecule has 3 saturated heterocycles. The van der Waals surface area contributed by atoms with E-state index in [0.29, 0.717) is 41.8 Å². The molecule has 15 heteroatoms. The highest BCUT2D eigenvalue weighted by Gasteiger charge is 2.40. The molecule has 61 heavy (non-hydrogen) atoms. The Labute approximate surface area is 362 Å². The zero-order valence-corrected chi connectivity index (χ0v) is 35.5. The lowest BCUT2D eigenvalue weighted by Crippen LogP contribution is -2.53. The van der Waals surface area contributed by atoms with Crippen molar-refractivity contribution in [2.75, 3.05) is 54.8 Å². The number of amides is 4. The molecular formula is C46H47BrN10O4. The van der Waals surface area contributed by atoms with E-state index in [1.54, 1.807) is 23.5 Å². The SMILES string of the molecule is Cc1ccc(NC(=O)c2ccc(N3CCC(N4CCN(Cc5ccc6c(c5Br)CN(C5CCC(=O)NC5=O)C6=O)CC4)CC3)cc2)cc1Nc1nccc(-c2cccnc2)n1. The van der Waals surface area contributed by atoms with Crippen molar-refractivity contribution in [3.63, 3.8) is 0 Å². The molecule has 6 heterocycles. The number of fused-ring (bicyclic) bond motifs is 1. The topological polar surface area (TPSA) is 156 Å². The van der Waals surface area contributed by atoms with Crippen LogP contribution < -0.4 is 20.9 Å². The Morgan fingerprint density at radius 3 is 2.46 bits per heavy atom. The number of anilines is 4. The largest absolute Gasteiger partial charge is 0.371 e. The number of carbonyl (C=O) groups is 4. The van der Waals surface area contributed by atoms with Gasteiger partial charge in [0.2, 0.25) is 17.8 Å². The second kappa shape index (κ2) is 17.5. The third kappa shape index (κ3) is 8.76. The normalized spacial score (nSPS) is 18.9. The minimum Gasteiger partial charge on any atom is -0.371 e. The number of hydrogen-bond acceptors (Lipinski definition) is 11. The highest BCUT2D eigenvalue weighted by molar-refractivity contribution is 9.10. The Kier molecular flexibility index (Phi) is 11.6. The van der Waals surface area contributed by atoms with E-state index in [9.17, 15) is 19.2 Å². The third-order valence-electron chi connectivity index (χ3n) is 12.4. The van der Waals surface area contributed by atoms with Crippen LogP contribution in [0.5, 0.6) is 0 Å². The molecule has 1 unspecified atom stereocenters. The van der Waals surface area contributed by atoms with Crippen molar-refractivity contribution >= 4 is 62.6 Å². The molecule has 0 bridgehead atoms. The van der Waals surface area contributed by atoms with Gasteiger partial charge in [0.15, 0.2) is 0 Å². The van der Waals surface area contributed by atoms with Gasteiger partial charge in [-0.1, -0.05) is 28.1 Å². The molecule has 9 rings (SSSR count). The van der Waals surface area contributed by atoms with E-state index in [0.717, 1.165) is 102 Å². The first-order valence-electron chi connectivity index (χ1n) is 20.9. The third-order valence-corrected chi connectivity index (χ3v) is 13.3. The number of nitrogens with zero attached hydrogens (tertiary/aromatic N) is 7. The Hall–Kier alpha value is -6.03. The van der Waals surface area contributed by atoms with E-state index < -0.39 is 11.9 Å². The van der Waals surface area contributed by atoms with Crippen molar-refractivity contribution in [3.05, 3.63) is 124 Å². The van der Waals surface area contributed by atoms with Crippen molar-refractivity contribution in [1.82, 2.24) is 35.0 Å². The van der Waals surface area contributed by atoms with Crippen LogP contribution in [-0.2, 0) is 22.7 Å². The molecule has 0 radical (unpaired) electrons. The number of nitrogens with one attached hydrogen (secondary N) is 3. The molecule has 3 aromatic carbocycles. The van der Waals surface area contributed by atoms with Crippen LogP contribution in [0.15, 0.2) is 95.9 Å². The quantitative estimate of drug-likeness (QED) is 0.138. The van der Waals surface area contributed by atoms with Gasteiger partial charge in [-0.3, -0.25) is 39.3 Å². The smallest absolute Gasteiger partial charge is 0.255 e. The maximum atomic E-state index is 13.3. The van der Waals surface area contributed by atoms with Crippen LogP contribution >= 0.6 is 15.9 Å². The zero-order valence-electron chi connectivity index (χ0n) is 33.9. The van der Waals surface area contributed by atoms with Crippen molar-refractivity contribution in [3.8, 4) is 11.3 Å². The summed E-state index contributed by atoms with van der Waals surface area (Å²) in [4.78, 5) is 73.1. The van der Waals surface area contributed by atoms with Gasteiger partial charge in [-0.2, -0.15) is 0 Å². The van der Waals surface area contributed by atoms with Gasteiger partial charge in [-0.15, -0.1) is 0 Å². The molecule has 0 saturated carbocycles. The van der Waals surface area contributed by atoms with Crippen LogP contribution in [0.25, 0.3) is 11.3 Å². The van der Waals surface area contributed by atoms with Crippen LogP contribution in [0.3, 0.4) is 0 Å². The van der Waals surface area contributed by atoms with Gasteiger partial charge in [0.1, 0.15) is 6.04 Å². The Bertz CT molecular complexity index is 2470. The zero-order chi connectivity index (χ0) is 42.0. The van der Waals surface area contributed by atoms with Crippen LogP contribution in [-0.4, -0.2) is 105 Å². The summed E-state index contributed by atoms with van der Waals surface area (Å²) < 4.78 is 0.932. The summed E-state index contributed by atoms with van der Waals surface area (Å²) in [5.74, 6) is -0.560. The van der Waals surface area contributed by atoms with Crippen LogP contribution in [0.2, 0.25) is 0 Å². The van der Waals surface area contributed by atoms with E-state index >= 15 is 0 Å². The molecular weight excluding hydrogens is 836 g/mol. The first kappa shape index (κ1) is 40.4. The van der Waals surface area contributed by atoms with Gasteiger partial charge in [-0.05, 0) is 104 Å². The molecule has 3 fully saturated rings. The van der Waals surface area contributed by atoms with E-state index in [4.69, 9.17) is 0 Å². The molecule has 4 amide bonds. The van der Waals surface area contributed by atoms with E-state index in [1.807, 2.05) is 79.7 Å². The first-order valence-corrected chi connectivity index (χ1v) is 21.6. The van der Waals surface area contributed by atoms with Crippen LogP contribution in [0, 0.1) is 6.92 Å². The second-order valence-corrected chi connectivity index (χ2v) is 17.0. The summed E-state index contributed by atoms with van der Waals surface area (Å²) in [5, 5.41) is 8.73. The number of aromatic nitrogens is 3. The van der Waals surface area contributed by atoms with Crippen molar-refractivity contribution < 1.29 is 19.2 Å². The molecule has 5 aromatic rings. The highest BCUT2D eigenvalue weighted by Crippen LogP contribution is 2.35. The first-order chi connectivity index (χ1) is 29.7. The summed E-state index contributed by atoms with van der Waals surface area (Å²) in [6.45, 7) is 8.98. The van der Waals surface area contributed by atoms with Gasteiger partial charge >= 0.3 is 0 Å². The fourth-order valence-electron chi connectivity index (χ4n) is 8.87.